The topological polar surface area (TPSA) is 0 Å². The second kappa shape index (κ2) is 5.57. The van der Waals surface area contributed by atoms with E-state index < -0.39 is 0 Å². The van der Waals surface area contributed by atoms with Gasteiger partial charge in [0.15, 0.2) is 0 Å². The lowest BCUT2D eigenvalue weighted by atomic mass is 10.1. The summed E-state index contributed by atoms with van der Waals surface area (Å²) in [4.78, 5) is 0. The van der Waals surface area contributed by atoms with E-state index in [2.05, 4.69) is 0 Å². The van der Waals surface area contributed by atoms with Crippen LogP contribution in [-0.4, -0.2) is 0 Å². The Kier molecular flexibility index (Phi) is 4.31. The smallest absolute Gasteiger partial charge is 0.126 e. The van der Waals surface area contributed by atoms with E-state index in [-0.39, 0.29) is 11.2 Å². The van der Waals surface area contributed by atoms with E-state index >= 15 is 0 Å². The molecule has 90 valence electrons. The molecule has 0 aliphatic heterocycles. The average Bonchev–Trinajstić information content (AvgIpc) is 2.61. The Bertz CT molecular complexity index is 524. The molecular formula is C12H8Cl3FS. The molecule has 1 aromatic heterocycles. The van der Waals surface area contributed by atoms with Crippen LogP contribution < -0.4 is 0 Å². The van der Waals surface area contributed by atoms with Gasteiger partial charge in [0, 0.05) is 5.56 Å². The van der Waals surface area contributed by atoms with Crippen molar-refractivity contribution in [2.75, 3.05) is 0 Å². The Labute approximate surface area is 118 Å². The number of hydrogen-bond donors (Lipinski definition) is 0. The Morgan fingerprint density at radius 1 is 1.24 bits per heavy atom. The highest BCUT2D eigenvalue weighted by Crippen LogP contribution is 2.39. The summed E-state index contributed by atoms with van der Waals surface area (Å²) in [7, 11) is 0. The quantitative estimate of drug-likeness (QED) is 0.636. The normalized spacial score (nSPS) is 12.7. The number of rotatable bonds is 3. The van der Waals surface area contributed by atoms with Crippen LogP contribution in [0.1, 0.15) is 16.5 Å². The molecule has 0 fully saturated rings. The van der Waals surface area contributed by atoms with Gasteiger partial charge in [0.05, 0.1) is 14.0 Å². The molecule has 0 amide bonds. The zero-order valence-electron chi connectivity index (χ0n) is 8.59. The molecule has 0 spiro atoms. The Hall–Kier alpha value is -0.280. The molecule has 0 saturated carbocycles. The Balaban J connectivity index is 2.20. The minimum Gasteiger partial charge on any atom is -0.207 e. The van der Waals surface area contributed by atoms with Crippen LogP contribution in [0.5, 0.6) is 0 Å². The van der Waals surface area contributed by atoms with Crippen molar-refractivity contribution in [3.05, 3.63) is 55.9 Å². The van der Waals surface area contributed by atoms with E-state index in [1.165, 1.54) is 17.4 Å². The van der Waals surface area contributed by atoms with Gasteiger partial charge in [0.25, 0.3) is 0 Å². The van der Waals surface area contributed by atoms with Crippen LogP contribution in [0, 0.1) is 5.82 Å². The van der Waals surface area contributed by atoms with Gasteiger partial charge >= 0.3 is 0 Å². The third kappa shape index (κ3) is 3.14. The summed E-state index contributed by atoms with van der Waals surface area (Å²) in [6.07, 6.45) is 0.390. The zero-order chi connectivity index (χ0) is 12.4. The molecule has 5 heteroatoms. The summed E-state index contributed by atoms with van der Waals surface area (Å²) < 4.78 is 14.6. The first kappa shape index (κ1) is 13.2. The molecule has 0 aliphatic rings. The van der Waals surface area contributed by atoms with Crippen molar-refractivity contribution in [3.8, 4) is 0 Å². The summed E-state index contributed by atoms with van der Waals surface area (Å²) in [6.45, 7) is 0. The lowest BCUT2D eigenvalue weighted by Crippen LogP contribution is -1.97. The van der Waals surface area contributed by atoms with Crippen LogP contribution in [0.3, 0.4) is 0 Å². The Morgan fingerprint density at radius 2 is 1.94 bits per heavy atom. The van der Waals surface area contributed by atoms with Gasteiger partial charge in [-0.3, -0.25) is 0 Å². The van der Waals surface area contributed by atoms with Gasteiger partial charge in [0.2, 0.25) is 0 Å². The Morgan fingerprint density at radius 3 is 2.53 bits per heavy atom. The lowest BCUT2D eigenvalue weighted by molar-refractivity contribution is 0.607. The molecule has 2 rings (SSSR count). The van der Waals surface area contributed by atoms with Crippen LogP contribution in [0.25, 0.3) is 0 Å². The maximum absolute atomic E-state index is 13.5. The summed E-state index contributed by atoms with van der Waals surface area (Å²) in [5, 5.41) is -0.372. The highest BCUT2D eigenvalue weighted by Gasteiger charge is 2.17. The monoisotopic (exact) mass is 308 g/mol. The maximum Gasteiger partial charge on any atom is 0.126 e. The standard InChI is InChI=1S/C12H8Cl3FS/c13-9(8-6-11(14)17-12(8)15)5-7-3-1-2-4-10(7)16/h1-4,6,9H,5H2. The molecule has 2 aromatic rings. The predicted octanol–water partition coefficient (Wildman–Crippen LogP) is 5.72. The van der Waals surface area contributed by atoms with Crippen molar-refractivity contribution in [2.45, 2.75) is 11.8 Å². The minimum absolute atomic E-state index is 0.254. The molecule has 0 N–H and O–H groups in total. The molecule has 0 nitrogen and oxygen atoms in total. The van der Waals surface area contributed by atoms with Crippen molar-refractivity contribution < 1.29 is 4.39 Å². The fourth-order valence-electron chi connectivity index (χ4n) is 1.53. The van der Waals surface area contributed by atoms with E-state index in [0.29, 0.717) is 20.7 Å². The maximum atomic E-state index is 13.5. The summed E-state index contributed by atoms with van der Waals surface area (Å²) in [6, 6.07) is 8.29. The second-order valence-corrected chi connectivity index (χ2v) is 6.36. The zero-order valence-corrected chi connectivity index (χ0v) is 11.7. The summed E-state index contributed by atoms with van der Waals surface area (Å²) in [5.74, 6) is -0.254. The van der Waals surface area contributed by atoms with Crippen molar-refractivity contribution in [1.82, 2.24) is 0 Å². The van der Waals surface area contributed by atoms with Crippen LogP contribution in [-0.2, 0) is 6.42 Å². The fourth-order valence-corrected chi connectivity index (χ4v) is 3.57. The molecule has 1 unspecified atom stereocenters. The molecule has 1 heterocycles. The largest absolute Gasteiger partial charge is 0.207 e. The summed E-state index contributed by atoms with van der Waals surface area (Å²) in [5.41, 5.74) is 1.33. The SMILES string of the molecule is Fc1ccccc1CC(Cl)c1cc(Cl)sc1Cl. The number of alkyl halides is 1. The van der Waals surface area contributed by atoms with Crippen molar-refractivity contribution in [1.29, 1.82) is 0 Å². The van der Waals surface area contributed by atoms with Crippen molar-refractivity contribution in [2.24, 2.45) is 0 Å². The van der Waals surface area contributed by atoms with Gasteiger partial charge in [0.1, 0.15) is 5.82 Å². The number of benzene rings is 1. The van der Waals surface area contributed by atoms with Crippen molar-refractivity contribution in [3.63, 3.8) is 0 Å². The minimum atomic E-state index is -0.372. The van der Waals surface area contributed by atoms with E-state index in [1.54, 1.807) is 24.3 Å². The van der Waals surface area contributed by atoms with Gasteiger partial charge in [-0.15, -0.1) is 22.9 Å². The first-order valence-electron chi connectivity index (χ1n) is 4.90. The van der Waals surface area contributed by atoms with Crippen LogP contribution in [0.4, 0.5) is 4.39 Å². The van der Waals surface area contributed by atoms with E-state index in [9.17, 15) is 4.39 Å². The molecule has 0 bridgehead atoms. The average molecular weight is 310 g/mol. The molecule has 0 saturated heterocycles. The number of thiophene rings is 1. The second-order valence-electron chi connectivity index (χ2n) is 3.54. The predicted molar refractivity (Wildman–Crippen MR) is 73.0 cm³/mol. The molecular weight excluding hydrogens is 302 g/mol. The van der Waals surface area contributed by atoms with E-state index in [4.69, 9.17) is 34.8 Å². The van der Waals surface area contributed by atoms with Crippen LogP contribution >= 0.6 is 46.1 Å². The number of halogens is 4. The molecule has 0 radical (unpaired) electrons. The summed E-state index contributed by atoms with van der Waals surface area (Å²) >= 11 is 19.3. The molecule has 17 heavy (non-hydrogen) atoms. The van der Waals surface area contributed by atoms with E-state index in [1.807, 2.05) is 0 Å². The van der Waals surface area contributed by atoms with Crippen LogP contribution in [0.2, 0.25) is 8.67 Å². The lowest BCUT2D eigenvalue weighted by Gasteiger charge is -2.09. The third-order valence-electron chi connectivity index (χ3n) is 2.38. The van der Waals surface area contributed by atoms with Gasteiger partial charge < -0.3 is 0 Å². The third-order valence-corrected chi connectivity index (χ3v) is 4.28. The fraction of sp³-hybridized carbons (Fsp3) is 0.167. The van der Waals surface area contributed by atoms with Gasteiger partial charge in [-0.1, -0.05) is 41.4 Å². The first-order valence-corrected chi connectivity index (χ1v) is 6.91. The van der Waals surface area contributed by atoms with Gasteiger partial charge in [-0.25, -0.2) is 4.39 Å². The molecule has 1 aromatic carbocycles. The van der Waals surface area contributed by atoms with Gasteiger partial charge in [-0.05, 0) is 24.1 Å². The number of hydrogen-bond acceptors (Lipinski definition) is 1. The molecule has 0 aliphatic carbocycles. The highest BCUT2D eigenvalue weighted by atomic mass is 35.5. The van der Waals surface area contributed by atoms with Gasteiger partial charge in [-0.2, -0.15) is 0 Å². The van der Waals surface area contributed by atoms with Crippen molar-refractivity contribution >= 4 is 46.1 Å². The van der Waals surface area contributed by atoms with E-state index in [0.717, 1.165) is 5.56 Å². The highest BCUT2D eigenvalue weighted by molar-refractivity contribution is 7.20. The first-order chi connectivity index (χ1) is 8.08. The van der Waals surface area contributed by atoms with Crippen LogP contribution in [0.15, 0.2) is 30.3 Å². The molecule has 1 atom stereocenters.